The first-order valence-electron chi connectivity index (χ1n) is 5.56. The Balaban J connectivity index is 2.51. The molecule has 1 N–H and O–H groups in total. The van der Waals surface area contributed by atoms with E-state index in [-0.39, 0.29) is 5.97 Å². The van der Waals surface area contributed by atoms with Crippen LogP contribution in [-0.4, -0.2) is 25.1 Å². The zero-order chi connectivity index (χ0) is 13.0. The Hall–Kier alpha value is -2.36. The predicted molar refractivity (Wildman–Crippen MR) is 70.6 cm³/mol. The summed E-state index contributed by atoms with van der Waals surface area (Å²) in [5.74, 6) is -0.350. The Kier molecular flexibility index (Phi) is 3.57. The lowest BCUT2D eigenvalue weighted by molar-refractivity contribution is 0.0601. The van der Waals surface area contributed by atoms with E-state index in [1.807, 2.05) is 25.2 Å². The minimum absolute atomic E-state index is 0.350. The van der Waals surface area contributed by atoms with Gasteiger partial charge in [-0.3, -0.25) is 4.98 Å². The summed E-state index contributed by atoms with van der Waals surface area (Å²) in [5, 5.41) is 3.03. The number of anilines is 1. The molecule has 0 unspecified atom stereocenters. The monoisotopic (exact) mass is 242 g/mol. The SMILES string of the molecule is CNc1cc(C(=O)OC)cc(-c2cccnc2)c1. The fourth-order valence-corrected chi connectivity index (χ4v) is 1.71. The standard InChI is InChI=1S/C14H14N2O2/c1-15-13-7-11(10-4-3-5-16-9-10)6-12(8-13)14(17)18-2/h3-9,15H,1-2H3. The summed E-state index contributed by atoms with van der Waals surface area (Å²) in [4.78, 5) is 15.7. The van der Waals surface area contributed by atoms with Crippen LogP contribution in [0.1, 0.15) is 10.4 Å². The van der Waals surface area contributed by atoms with Gasteiger partial charge in [0.25, 0.3) is 0 Å². The molecule has 0 aliphatic rings. The van der Waals surface area contributed by atoms with Crippen molar-refractivity contribution in [3.63, 3.8) is 0 Å². The highest BCUT2D eigenvalue weighted by molar-refractivity contribution is 5.92. The molecular formula is C14H14N2O2. The molecule has 1 aromatic carbocycles. The van der Waals surface area contributed by atoms with Crippen LogP contribution < -0.4 is 5.32 Å². The zero-order valence-corrected chi connectivity index (χ0v) is 10.3. The normalized spacial score (nSPS) is 9.89. The van der Waals surface area contributed by atoms with Crippen LogP contribution in [-0.2, 0) is 4.74 Å². The van der Waals surface area contributed by atoms with E-state index < -0.39 is 0 Å². The third-order valence-electron chi connectivity index (χ3n) is 2.64. The number of benzene rings is 1. The fraction of sp³-hybridized carbons (Fsp3) is 0.143. The minimum Gasteiger partial charge on any atom is -0.465 e. The van der Waals surface area contributed by atoms with Crippen LogP contribution in [0, 0.1) is 0 Å². The molecule has 0 aliphatic carbocycles. The predicted octanol–water partition coefficient (Wildman–Crippen LogP) is 2.58. The maximum Gasteiger partial charge on any atom is 0.337 e. The van der Waals surface area contributed by atoms with Gasteiger partial charge in [-0.2, -0.15) is 0 Å². The number of rotatable bonds is 3. The van der Waals surface area contributed by atoms with Crippen LogP contribution in [0.2, 0.25) is 0 Å². The highest BCUT2D eigenvalue weighted by Crippen LogP contribution is 2.24. The van der Waals surface area contributed by atoms with Crippen molar-refractivity contribution >= 4 is 11.7 Å². The summed E-state index contributed by atoms with van der Waals surface area (Å²) in [6.07, 6.45) is 3.47. The Labute approximate surface area is 106 Å². The van der Waals surface area contributed by atoms with Gasteiger partial charge in [0, 0.05) is 30.7 Å². The van der Waals surface area contributed by atoms with Crippen molar-refractivity contribution in [1.29, 1.82) is 0 Å². The number of nitrogens with zero attached hydrogens (tertiary/aromatic N) is 1. The van der Waals surface area contributed by atoms with E-state index in [0.29, 0.717) is 5.56 Å². The van der Waals surface area contributed by atoms with Gasteiger partial charge in [0.05, 0.1) is 12.7 Å². The minimum atomic E-state index is -0.350. The maximum atomic E-state index is 11.6. The molecule has 0 spiro atoms. The van der Waals surface area contributed by atoms with Crippen LogP contribution in [0.3, 0.4) is 0 Å². The topological polar surface area (TPSA) is 51.2 Å². The fourth-order valence-electron chi connectivity index (χ4n) is 1.71. The lowest BCUT2D eigenvalue weighted by atomic mass is 10.0. The number of hydrogen-bond donors (Lipinski definition) is 1. The van der Waals surface area contributed by atoms with E-state index in [0.717, 1.165) is 16.8 Å². The largest absolute Gasteiger partial charge is 0.465 e. The van der Waals surface area contributed by atoms with E-state index in [1.165, 1.54) is 7.11 Å². The first kappa shape index (κ1) is 12.1. The number of carbonyl (C=O) groups excluding carboxylic acids is 1. The summed E-state index contributed by atoms with van der Waals surface area (Å²) in [7, 11) is 3.18. The molecule has 0 amide bonds. The van der Waals surface area contributed by atoms with Crippen LogP contribution in [0.15, 0.2) is 42.7 Å². The summed E-state index contributed by atoms with van der Waals surface area (Å²) in [6.45, 7) is 0. The van der Waals surface area contributed by atoms with E-state index in [4.69, 9.17) is 4.74 Å². The smallest absolute Gasteiger partial charge is 0.337 e. The van der Waals surface area contributed by atoms with Crippen molar-refractivity contribution in [2.24, 2.45) is 0 Å². The molecule has 0 aliphatic heterocycles. The number of hydrogen-bond acceptors (Lipinski definition) is 4. The summed E-state index contributed by atoms with van der Waals surface area (Å²) in [5.41, 5.74) is 3.26. The van der Waals surface area contributed by atoms with Crippen LogP contribution >= 0.6 is 0 Å². The average molecular weight is 242 g/mol. The van der Waals surface area contributed by atoms with E-state index in [2.05, 4.69) is 10.3 Å². The van der Waals surface area contributed by atoms with Gasteiger partial charge in [-0.1, -0.05) is 6.07 Å². The van der Waals surface area contributed by atoms with Crippen molar-refractivity contribution < 1.29 is 9.53 Å². The molecule has 0 bridgehead atoms. The quantitative estimate of drug-likeness (QED) is 0.840. The van der Waals surface area contributed by atoms with E-state index in [9.17, 15) is 4.79 Å². The van der Waals surface area contributed by atoms with Crippen LogP contribution in [0.4, 0.5) is 5.69 Å². The number of ether oxygens (including phenoxy) is 1. The molecule has 0 fully saturated rings. The average Bonchev–Trinajstić information content (AvgIpc) is 2.46. The third kappa shape index (κ3) is 2.48. The number of nitrogens with one attached hydrogen (secondary N) is 1. The second-order valence-corrected chi connectivity index (χ2v) is 3.78. The molecule has 0 atom stereocenters. The molecule has 1 aromatic heterocycles. The van der Waals surface area contributed by atoms with Crippen LogP contribution in [0.5, 0.6) is 0 Å². The van der Waals surface area contributed by atoms with Gasteiger partial charge < -0.3 is 10.1 Å². The lowest BCUT2D eigenvalue weighted by Crippen LogP contribution is -2.02. The van der Waals surface area contributed by atoms with Gasteiger partial charge in [-0.15, -0.1) is 0 Å². The molecule has 2 rings (SSSR count). The number of esters is 1. The lowest BCUT2D eigenvalue weighted by Gasteiger charge is -2.08. The van der Waals surface area contributed by atoms with Gasteiger partial charge in [0.1, 0.15) is 0 Å². The van der Waals surface area contributed by atoms with Crippen molar-refractivity contribution in [3.8, 4) is 11.1 Å². The first-order chi connectivity index (χ1) is 8.74. The number of methoxy groups -OCH3 is 1. The summed E-state index contributed by atoms with van der Waals surface area (Å²) >= 11 is 0. The molecule has 4 heteroatoms. The van der Waals surface area contributed by atoms with Crippen molar-refractivity contribution in [2.45, 2.75) is 0 Å². The van der Waals surface area contributed by atoms with Crippen molar-refractivity contribution in [3.05, 3.63) is 48.3 Å². The molecule has 1 heterocycles. The summed E-state index contributed by atoms with van der Waals surface area (Å²) in [6, 6.07) is 9.32. The third-order valence-corrected chi connectivity index (χ3v) is 2.64. The Morgan fingerprint density at radius 2 is 2.11 bits per heavy atom. The molecule has 4 nitrogen and oxygen atoms in total. The van der Waals surface area contributed by atoms with E-state index in [1.54, 1.807) is 24.5 Å². The Morgan fingerprint density at radius 3 is 2.72 bits per heavy atom. The maximum absolute atomic E-state index is 11.6. The number of carbonyl (C=O) groups is 1. The first-order valence-corrected chi connectivity index (χ1v) is 5.56. The molecule has 2 aromatic rings. The number of pyridine rings is 1. The van der Waals surface area contributed by atoms with Gasteiger partial charge in [0.2, 0.25) is 0 Å². The van der Waals surface area contributed by atoms with Crippen LogP contribution in [0.25, 0.3) is 11.1 Å². The Bertz CT molecular complexity index is 553. The number of aromatic nitrogens is 1. The molecule has 18 heavy (non-hydrogen) atoms. The second kappa shape index (κ2) is 5.31. The Morgan fingerprint density at radius 1 is 1.28 bits per heavy atom. The molecule has 0 saturated heterocycles. The molecular weight excluding hydrogens is 228 g/mol. The highest BCUT2D eigenvalue weighted by Gasteiger charge is 2.09. The zero-order valence-electron chi connectivity index (χ0n) is 10.3. The van der Waals surface area contributed by atoms with Crippen molar-refractivity contribution in [1.82, 2.24) is 4.98 Å². The van der Waals surface area contributed by atoms with E-state index >= 15 is 0 Å². The molecule has 92 valence electrons. The highest BCUT2D eigenvalue weighted by atomic mass is 16.5. The second-order valence-electron chi connectivity index (χ2n) is 3.78. The molecule has 0 radical (unpaired) electrons. The van der Waals surface area contributed by atoms with Gasteiger partial charge in [0.15, 0.2) is 0 Å². The van der Waals surface area contributed by atoms with Gasteiger partial charge in [-0.05, 0) is 29.8 Å². The van der Waals surface area contributed by atoms with Gasteiger partial charge in [-0.25, -0.2) is 4.79 Å². The molecule has 0 saturated carbocycles. The van der Waals surface area contributed by atoms with Crippen molar-refractivity contribution in [2.75, 3.05) is 19.5 Å². The van der Waals surface area contributed by atoms with Gasteiger partial charge >= 0.3 is 5.97 Å². The summed E-state index contributed by atoms with van der Waals surface area (Å²) < 4.78 is 4.74.